The summed E-state index contributed by atoms with van der Waals surface area (Å²) in [6.45, 7) is 3.58. The van der Waals surface area contributed by atoms with E-state index in [4.69, 9.17) is 9.84 Å². The molecule has 1 unspecified atom stereocenters. The molecule has 2 rings (SSSR count). The number of halogens is 3. The van der Waals surface area contributed by atoms with Crippen LogP contribution in [0.1, 0.15) is 37.3 Å². The third-order valence-corrected chi connectivity index (χ3v) is 3.27. The minimum Gasteiger partial charge on any atom is -0.487 e. The van der Waals surface area contributed by atoms with Crippen molar-refractivity contribution >= 4 is 5.97 Å². The van der Waals surface area contributed by atoms with Crippen LogP contribution in [0.3, 0.4) is 0 Å². The van der Waals surface area contributed by atoms with Crippen LogP contribution in [0.5, 0.6) is 5.75 Å². The number of carboxylic acids is 1. The van der Waals surface area contributed by atoms with Gasteiger partial charge in [0.25, 0.3) is 0 Å². The largest absolute Gasteiger partial charge is 0.487 e. The molecule has 6 heteroatoms. The van der Waals surface area contributed by atoms with Crippen LogP contribution < -0.4 is 4.74 Å². The number of para-hydroxylation sites is 1. The predicted octanol–water partition coefficient (Wildman–Crippen LogP) is 3.52. The second-order valence-electron chi connectivity index (χ2n) is 5.57. The third kappa shape index (κ3) is 2.89. The molecule has 1 heterocycles. The SMILES string of the molecule is CC1(C)Cc2cccc(C(CC(=O)O)C(F)(F)F)c2O1. The summed E-state index contributed by atoms with van der Waals surface area (Å²) in [6.07, 6.45) is -5.11. The van der Waals surface area contributed by atoms with Gasteiger partial charge in [-0.2, -0.15) is 13.2 Å². The maximum atomic E-state index is 13.1. The predicted molar refractivity (Wildman–Crippen MR) is 65.9 cm³/mol. The molecule has 1 aliphatic heterocycles. The number of fused-ring (bicyclic) bond motifs is 1. The number of hydrogen-bond donors (Lipinski definition) is 1. The molecule has 0 fully saturated rings. The summed E-state index contributed by atoms with van der Waals surface area (Å²) in [7, 11) is 0. The van der Waals surface area contributed by atoms with Crippen LogP contribution in [-0.4, -0.2) is 22.9 Å². The summed E-state index contributed by atoms with van der Waals surface area (Å²) in [6, 6.07) is 4.52. The Labute approximate surface area is 114 Å². The Morgan fingerprint density at radius 3 is 2.65 bits per heavy atom. The number of hydrogen-bond acceptors (Lipinski definition) is 2. The normalized spacial score (nSPS) is 18.2. The first-order valence-corrected chi connectivity index (χ1v) is 6.19. The number of aliphatic carboxylic acids is 1. The van der Waals surface area contributed by atoms with Crippen molar-refractivity contribution in [3.63, 3.8) is 0 Å². The number of carboxylic acid groups (broad SMARTS) is 1. The van der Waals surface area contributed by atoms with E-state index in [2.05, 4.69) is 0 Å². The van der Waals surface area contributed by atoms with Gasteiger partial charge in [-0.05, 0) is 19.4 Å². The zero-order chi connectivity index (χ0) is 15.1. The molecule has 3 nitrogen and oxygen atoms in total. The van der Waals surface area contributed by atoms with Crippen LogP contribution >= 0.6 is 0 Å². The monoisotopic (exact) mass is 288 g/mol. The van der Waals surface area contributed by atoms with E-state index in [0.29, 0.717) is 12.0 Å². The molecule has 1 aromatic rings. The molecule has 1 aliphatic rings. The second kappa shape index (κ2) is 4.68. The Hall–Kier alpha value is -1.72. The van der Waals surface area contributed by atoms with Crippen molar-refractivity contribution in [1.29, 1.82) is 0 Å². The molecule has 0 aromatic heterocycles. The van der Waals surface area contributed by atoms with E-state index in [1.54, 1.807) is 19.9 Å². The van der Waals surface area contributed by atoms with Gasteiger partial charge in [-0.3, -0.25) is 4.79 Å². The van der Waals surface area contributed by atoms with Crippen molar-refractivity contribution in [2.24, 2.45) is 0 Å². The molecule has 20 heavy (non-hydrogen) atoms. The Balaban J connectivity index is 2.47. The fourth-order valence-corrected chi connectivity index (χ4v) is 2.49. The lowest BCUT2D eigenvalue weighted by atomic mass is 9.91. The van der Waals surface area contributed by atoms with Gasteiger partial charge in [-0.15, -0.1) is 0 Å². The highest BCUT2D eigenvalue weighted by atomic mass is 19.4. The molecule has 1 N–H and O–H groups in total. The first-order chi connectivity index (χ1) is 9.10. The van der Waals surface area contributed by atoms with Gasteiger partial charge < -0.3 is 9.84 Å². The van der Waals surface area contributed by atoms with Crippen LogP contribution in [0.15, 0.2) is 18.2 Å². The van der Waals surface area contributed by atoms with Crippen molar-refractivity contribution in [3.8, 4) is 5.75 Å². The number of ether oxygens (including phenoxy) is 1. The average molecular weight is 288 g/mol. The van der Waals surface area contributed by atoms with Crippen LogP contribution in [0.4, 0.5) is 13.2 Å². The van der Waals surface area contributed by atoms with Crippen LogP contribution in [-0.2, 0) is 11.2 Å². The Kier molecular flexibility index (Phi) is 3.44. The summed E-state index contributed by atoms with van der Waals surface area (Å²) in [5.41, 5.74) is 0.0211. The average Bonchev–Trinajstić information content (AvgIpc) is 2.57. The van der Waals surface area contributed by atoms with Gasteiger partial charge in [0.15, 0.2) is 0 Å². The minimum absolute atomic E-state index is 0.0945. The quantitative estimate of drug-likeness (QED) is 0.925. The van der Waals surface area contributed by atoms with E-state index >= 15 is 0 Å². The van der Waals surface area contributed by atoms with Crippen molar-refractivity contribution < 1.29 is 27.8 Å². The van der Waals surface area contributed by atoms with E-state index in [1.807, 2.05) is 0 Å². The molecule has 110 valence electrons. The molecule has 0 radical (unpaired) electrons. The van der Waals surface area contributed by atoms with E-state index in [1.165, 1.54) is 12.1 Å². The molecule has 0 amide bonds. The van der Waals surface area contributed by atoms with Crippen LogP contribution in [0.25, 0.3) is 0 Å². The zero-order valence-electron chi connectivity index (χ0n) is 11.1. The molecule has 1 atom stereocenters. The van der Waals surface area contributed by atoms with E-state index in [0.717, 1.165) is 0 Å². The maximum Gasteiger partial charge on any atom is 0.396 e. The highest BCUT2D eigenvalue weighted by molar-refractivity contribution is 5.68. The zero-order valence-corrected chi connectivity index (χ0v) is 11.1. The smallest absolute Gasteiger partial charge is 0.396 e. The lowest BCUT2D eigenvalue weighted by molar-refractivity contribution is -0.163. The van der Waals surface area contributed by atoms with Crippen molar-refractivity contribution in [2.75, 3.05) is 0 Å². The summed E-state index contributed by atoms with van der Waals surface area (Å²) >= 11 is 0. The van der Waals surface area contributed by atoms with Crippen molar-refractivity contribution in [2.45, 2.75) is 44.4 Å². The summed E-state index contributed by atoms with van der Waals surface area (Å²) in [4.78, 5) is 10.7. The van der Waals surface area contributed by atoms with Gasteiger partial charge in [0.1, 0.15) is 11.4 Å². The fourth-order valence-electron chi connectivity index (χ4n) is 2.49. The first-order valence-electron chi connectivity index (χ1n) is 6.19. The molecular weight excluding hydrogens is 273 g/mol. The summed E-state index contributed by atoms with van der Waals surface area (Å²) < 4.78 is 44.9. The number of benzene rings is 1. The second-order valence-corrected chi connectivity index (χ2v) is 5.57. The molecule has 0 spiro atoms. The summed E-state index contributed by atoms with van der Waals surface area (Å²) in [5, 5.41) is 8.72. The molecule has 1 aromatic carbocycles. The van der Waals surface area contributed by atoms with E-state index in [-0.39, 0.29) is 11.3 Å². The van der Waals surface area contributed by atoms with Gasteiger partial charge in [0, 0.05) is 12.0 Å². The van der Waals surface area contributed by atoms with Gasteiger partial charge in [-0.25, -0.2) is 0 Å². The molecule has 0 bridgehead atoms. The van der Waals surface area contributed by atoms with Crippen molar-refractivity contribution in [3.05, 3.63) is 29.3 Å². The highest BCUT2D eigenvalue weighted by Gasteiger charge is 2.45. The Morgan fingerprint density at radius 1 is 1.45 bits per heavy atom. The Morgan fingerprint density at radius 2 is 2.10 bits per heavy atom. The maximum absolute atomic E-state index is 13.1. The standard InChI is InChI=1S/C14H15F3O3/c1-13(2)7-8-4-3-5-9(12(8)20-13)10(6-11(18)19)14(15,16)17/h3-5,10H,6-7H2,1-2H3,(H,18,19). The number of alkyl halides is 3. The van der Waals surface area contributed by atoms with Crippen molar-refractivity contribution in [1.82, 2.24) is 0 Å². The van der Waals surface area contributed by atoms with Gasteiger partial charge >= 0.3 is 12.1 Å². The summed E-state index contributed by atoms with van der Waals surface area (Å²) in [5.74, 6) is -3.35. The van der Waals surface area contributed by atoms with Gasteiger partial charge in [0.05, 0.1) is 12.3 Å². The van der Waals surface area contributed by atoms with E-state index < -0.39 is 30.1 Å². The number of carbonyl (C=O) groups is 1. The minimum atomic E-state index is -4.62. The van der Waals surface area contributed by atoms with Gasteiger partial charge in [0.2, 0.25) is 0 Å². The third-order valence-electron chi connectivity index (χ3n) is 3.27. The fraction of sp³-hybridized carbons (Fsp3) is 0.500. The highest BCUT2D eigenvalue weighted by Crippen LogP contribution is 2.46. The molecular formula is C14H15F3O3. The number of rotatable bonds is 3. The molecule has 0 aliphatic carbocycles. The van der Waals surface area contributed by atoms with Crippen LogP contribution in [0.2, 0.25) is 0 Å². The Bertz CT molecular complexity index is 535. The topological polar surface area (TPSA) is 46.5 Å². The molecule has 0 saturated heterocycles. The van der Waals surface area contributed by atoms with E-state index in [9.17, 15) is 18.0 Å². The first kappa shape index (κ1) is 14.7. The van der Waals surface area contributed by atoms with Gasteiger partial charge in [-0.1, -0.05) is 18.2 Å². The molecule has 0 saturated carbocycles. The lowest BCUT2D eigenvalue weighted by Gasteiger charge is -2.23. The lowest BCUT2D eigenvalue weighted by Crippen LogP contribution is -2.26. The van der Waals surface area contributed by atoms with Crippen LogP contribution in [0, 0.1) is 0 Å².